The normalized spacial score (nSPS) is 16.9. The lowest BCUT2D eigenvalue weighted by atomic mass is 10.0. The fourth-order valence-corrected chi connectivity index (χ4v) is 1.71. The lowest BCUT2D eigenvalue weighted by molar-refractivity contribution is -0.137. The summed E-state index contributed by atoms with van der Waals surface area (Å²) in [6.45, 7) is 1.83. The van der Waals surface area contributed by atoms with Gasteiger partial charge in [0.25, 0.3) is 0 Å². The van der Waals surface area contributed by atoms with Crippen molar-refractivity contribution in [1.82, 2.24) is 5.32 Å². The van der Waals surface area contributed by atoms with Crippen LogP contribution in [0.15, 0.2) is 24.3 Å². The van der Waals surface area contributed by atoms with E-state index < -0.39 is 11.7 Å². The minimum absolute atomic E-state index is 0.244. The van der Waals surface area contributed by atoms with Crippen LogP contribution in [0.4, 0.5) is 13.2 Å². The van der Waals surface area contributed by atoms with Gasteiger partial charge in [-0.05, 0) is 12.1 Å². The van der Waals surface area contributed by atoms with Crippen molar-refractivity contribution in [3.8, 4) is 5.75 Å². The monoisotopic (exact) mass is 257 g/mol. The molecular formula is C13H14F3NO. The van der Waals surface area contributed by atoms with Crippen molar-refractivity contribution >= 4 is 6.08 Å². The van der Waals surface area contributed by atoms with Crippen LogP contribution in [-0.4, -0.2) is 20.2 Å². The minimum Gasteiger partial charge on any atom is -0.496 e. The molecule has 0 spiro atoms. The Morgan fingerprint density at radius 1 is 1.33 bits per heavy atom. The van der Waals surface area contributed by atoms with Gasteiger partial charge >= 0.3 is 6.18 Å². The number of nitrogens with one attached hydrogen (secondary N) is 1. The van der Waals surface area contributed by atoms with Crippen LogP contribution in [-0.2, 0) is 6.18 Å². The van der Waals surface area contributed by atoms with Gasteiger partial charge < -0.3 is 10.1 Å². The molecule has 0 amide bonds. The van der Waals surface area contributed by atoms with Crippen LogP contribution in [0.25, 0.3) is 6.08 Å². The highest BCUT2D eigenvalue weighted by Crippen LogP contribution is 2.33. The van der Waals surface area contributed by atoms with Crippen molar-refractivity contribution in [2.24, 2.45) is 5.92 Å². The van der Waals surface area contributed by atoms with E-state index in [1.165, 1.54) is 13.2 Å². The maximum Gasteiger partial charge on any atom is 0.416 e. The number of benzene rings is 1. The van der Waals surface area contributed by atoms with Crippen LogP contribution in [0.5, 0.6) is 5.75 Å². The summed E-state index contributed by atoms with van der Waals surface area (Å²) in [6, 6.07) is 3.53. The summed E-state index contributed by atoms with van der Waals surface area (Å²) in [4.78, 5) is 0. The van der Waals surface area contributed by atoms with Gasteiger partial charge in [-0.3, -0.25) is 0 Å². The zero-order chi connectivity index (χ0) is 13.2. The molecule has 5 heteroatoms. The Labute approximate surface area is 103 Å². The Hall–Kier alpha value is -1.49. The van der Waals surface area contributed by atoms with Gasteiger partial charge in [-0.15, -0.1) is 0 Å². The molecule has 0 radical (unpaired) electrons. The summed E-state index contributed by atoms with van der Waals surface area (Å²) in [5.41, 5.74) is -0.0285. The van der Waals surface area contributed by atoms with E-state index in [4.69, 9.17) is 4.74 Å². The Balaban J connectivity index is 2.22. The molecule has 0 saturated carbocycles. The third kappa shape index (κ3) is 2.85. The van der Waals surface area contributed by atoms with Gasteiger partial charge in [-0.25, -0.2) is 0 Å². The molecule has 0 aromatic heterocycles. The third-order valence-electron chi connectivity index (χ3n) is 2.92. The van der Waals surface area contributed by atoms with Crippen molar-refractivity contribution < 1.29 is 17.9 Å². The molecule has 18 heavy (non-hydrogen) atoms. The van der Waals surface area contributed by atoms with Crippen LogP contribution in [0.3, 0.4) is 0 Å². The molecule has 98 valence electrons. The molecule has 1 aliphatic rings. The van der Waals surface area contributed by atoms with E-state index in [2.05, 4.69) is 5.32 Å². The maximum absolute atomic E-state index is 12.5. The van der Waals surface area contributed by atoms with Crippen molar-refractivity contribution in [3.63, 3.8) is 0 Å². The molecule has 1 heterocycles. The summed E-state index contributed by atoms with van der Waals surface area (Å²) in [6.07, 6.45) is -0.542. The first-order valence-corrected chi connectivity index (χ1v) is 5.65. The lowest BCUT2D eigenvalue weighted by Crippen LogP contribution is -2.40. The molecule has 0 unspecified atom stereocenters. The highest BCUT2D eigenvalue weighted by atomic mass is 19.4. The van der Waals surface area contributed by atoms with E-state index in [1.807, 2.05) is 12.2 Å². The van der Waals surface area contributed by atoms with Crippen LogP contribution in [0.1, 0.15) is 11.1 Å². The van der Waals surface area contributed by atoms with Gasteiger partial charge in [-0.1, -0.05) is 18.2 Å². The Bertz CT molecular complexity index is 450. The Morgan fingerprint density at radius 2 is 2.06 bits per heavy atom. The van der Waals surface area contributed by atoms with E-state index in [-0.39, 0.29) is 5.75 Å². The Kier molecular flexibility index (Phi) is 3.61. The summed E-state index contributed by atoms with van der Waals surface area (Å²) < 4.78 is 42.6. The number of methoxy groups -OCH3 is 1. The van der Waals surface area contributed by atoms with Crippen molar-refractivity contribution in [3.05, 3.63) is 35.4 Å². The first-order chi connectivity index (χ1) is 8.50. The molecule has 1 saturated heterocycles. The molecule has 2 nitrogen and oxygen atoms in total. The van der Waals surface area contributed by atoms with E-state index >= 15 is 0 Å². The number of rotatable bonds is 3. The Morgan fingerprint density at radius 3 is 2.56 bits per heavy atom. The van der Waals surface area contributed by atoms with Gasteiger partial charge in [0, 0.05) is 24.6 Å². The summed E-state index contributed by atoms with van der Waals surface area (Å²) in [7, 11) is 1.37. The van der Waals surface area contributed by atoms with Crippen molar-refractivity contribution in [1.29, 1.82) is 0 Å². The maximum atomic E-state index is 12.5. The number of hydrogen-bond donors (Lipinski definition) is 1. The fourth-order valence-electron chi connectivity index (χ4n) is 1.71. The predicted molar refractivity (Wildman–Crippen MR) is 63.4 cm³/mol. The highest BCUT2D eigenvalue weighted by Gasteiger charge is 2.31. The molecule has 0 aliphatic carbocycles. The van der Waals surface area contributed by atoms with Crippen molar-refractivity contribution in [2.45, 2.75) is 6.18 Å². The lowest BCUT2D eigenvalue weighted by Gasteiger charge is -2.23. The minimum atomic E-state index is -4.34. The average Bonchev–Trinajstić information content (AvgIpc) is 2.25. The second kappa shape index (κ2) is 5.02. The van der Waals surface area contributed by atoms with Gasteiger partial charge in [0.05, 0.1) is 12.7 Å². The molecule has 1 aliphatic heterocycles. The number of hydrogen-bond acceptors (Lipinski definition) is 2. The van der Waals surface area contributed by atoms with Crippen LogP contribution in [0, 0.1) is 5.92 Å². The second-order valence-electron chi connectivity index (χ2n) is 4.23. The van der Waals surface area contributed by atoms with E-state index in [1.54, 1.807) is 0 Å². The molecule has 0 bridgehead atoms. The summed E-state index contributed by atoms with van der Waals surface area (Å²) >= 11 is 0. The first-order valence-electron chi connectivity index (χ1n) is 5.65. The quantitative estimate of drug-likeness (QED) is 0.899. The molecule has 1 N–H and O–H groups in total. The molecule has 1 aromatic rings. The molecule has 1 fully saturated rings. The highest BCUT2D eigenvalue weighted by molar-refractivity contribution is 5.58. The van der Waals surface area contributed by atoms with Gasteiger partial charge in [0.15, 0.2) is 0 Å². The standard InChI is InChI=1S/C13H14F3NO/c1-18-12-6-11(13(14,15)16)5-4-10(12)3-2-9-7-17-8-9/h2-6,9,17H,7-8H2,1H3/b3-2+. The summed E-state index contributed by atoms with van der Waals surface area (Å²) in [5.74, 6) is 0.699. The summed E-state index contributed by atoms with van der Waals surface area (Å²) in [5, 5.41) is 3.12. The predicted octanol–water partition coefficient (Wildman–Crippen LogP) is 2.95. The van der Waals surface area contributed by atoms with Gasteiger partial charge in [-0.2, -0.15) is 13.2 Å². The van der Waals surface area contributed by atoms with Crippen LogP contribution in [0.2, 0.25) is 0 Å². The zero-order valence-corrected chi connectivity index (χ0v) is 9.92. The third-order valence-corrected chi connectivity index (χ3v) is 2.92. The number of halogens is 3. The molecule has 2 rings (SSSR count). The molecular weight excluding hydrogens is 243 g/mol. The smallest absolute Gasteiger partial charge is 0.416 e. The fraction of sp³-hybridized carbons (Fsp3) is 0.385. The van der Waals surface area contributed by atoms with E-state index in [9.17, 15) is 13.2 Å². The largest absolute Gasteiger partial charge is 0.496 e. The molecule has 1 aromatic carbocycles. The zero-order valence-electron chi connectivity index (χ0n) is 9.92. The van der Waals surface area contributed by atoms with E-state index in [0.717, 1.165) is 25.2 Å². The number of ether oxygens (including phenoxy) is 1. The van der Waals surface area contributed by atoms with E-state index in [0.29, 0.717) is 11.5 Å². The average molecular weight is 257 g/mol. The topological polar surface area (TPSA) is 21.3 Å². The van der Waals surface area contributed by atoms with Crippen molar-refractivity contribution in [2.75, 3.05) is 20.2 Å². The van der Waals surface area contributed by atoms with Crippen LogP contribution < -0.4 is 10.1 Å². The SMILES string of the molecule is COc1cc(C(F)(F)F)ccc1/C=C/C1CNC1. The first kappa shape index (κ1) is 13.0. The van der Waals surface area contributed by atoms with Gasteiger partial charge in [0.1, 0.15) is 5.75 Å². The van der Waals surface area contributed by atoms with Crippen LogP contribution >= 0.6 is 0 Å². The second-order valence-corrected chi connectivity index (χ2v) is 4.23. The molecule has 0 atom stereocenters. The number of alkyl halides is 3. The van der Waals surface area contributed by atoms with Gasteiger partial charge in [0.2, 0.25) is 0 Å².